The third-order valence-electron chi connectivity index (χ3n) is 3.32. The molecule has 0 saturated carbocycles. The summed E-state index contributed by atoms with van der Waals surface area (Å²) in [5, 5.41) is 7.53. The van der Waals surface area contributed by atoms with Crippen LogP contribution in [0.2, 0.25) is 5.02 Å². The van der Waals surface area contributed by atoms with Crippen LogP contribution < -0.4 is 11.1 Å². The Morgan fingerprint density at radius 1 is 1.08 bits per heavy atom. The highest BCUT2D eigenvalue weighted by molar-refractivity contribution is 6.30. The third-order valence-corrected chi connectivity index (χ3v) is 3.56. The van der Waals surface area contributed by atoms with Crippen molar-refractivity contribution in [2.45, 2.75) is 0 Å². The van der Waals surface area contributed by atoms with E-state index in [2.05, 4.69) is 10.4 Å². The van der Waals surface area contributed by atoms with Crippen LogP contribution >= 0.6 is 11.6 Å². The minimum Gasteiger partial charge on any atom is -0.366 e. The number of hydrogen-bond acceptors (Lipinski definition) is 3. The minimum absolute atomic E-state index is 0.258. The average Bonchev–Trinajstić information content (AvgIpc) is 3.05. The summed E-state index contributed by atoms with van der Waals surface area (Å²) in [5.41, 5.74) is 7.11. The molecule has 0 bridgehead atoms. The van der Waals surface area contributed by atoms with Crippen molar-refractivity contribution < 1.29 is 9.59 Å². The third kappa shape index (κ3) is 3.44. The number of amides is 2. The predicted molar refractivity (Wildman–Crippen MR) is 91.5 cm³/mol. The summed E-state index contributed by atoms with van der Waals surface area (Å²) in [5.74, 6) is -0.879. The summed E-state index contributed by atoms with van der Waals surface area (Å²) in [6, 6.07) is 15.1. The number of halogens is 1. The van der Waals surface area contributed by atoms with Gasteiger partial charge in [0.1, 0.15) is 0 Å². The Kier molecular flexibility index (Phi) is 4.31. The molecule has 24 heavy (non-hydrogen) atoms. The number of hydrogen-bond donors (Lipinski definition) is 2. The van der Waals surface area contributed by atoms with Crippen LogP contribution in [0.15, 0.2) is 60.8 Å². The fourth-order valence-corrected chi connectivity index (χ4v) is 2.30. The van der Waals surface area contributed by atoms with Crippen LogP contribution in [0.1, 0.15) is 20.8 Å². The molecule has 3 aromatic rings. The Hall–Kier alpha value is -3.12. The summed E-state index contributed by atoms with van der Waals surface area (Å²) >= 11 is 5.95. The lowest BCUT2D eigenvalue weighted by Gasteiger charge is -2.04. The van der Waals surface area contributed by atoms with Gasteiger partial charge in [0, 0.05) is 22.5 Å². The molecule has 0 spiro atoms. The second-order valence-electron chi connectivity index (χ2n) is 5.02. The zero-order valence-corrected chi connectivity index (χ0v) is 13.2. The number of nitrogens with one attached hydrogen (secondary N) is 1. The molecule has 2 amide bonds. The molecule has 1 heterocycles. The molecule has 0 saturated heterocycles. The summed E-state index contributed by atoms with van der Waals surface area (Å²) in [6.07, 6.45) is 1.68. The summed E-state index contributed by atoms with van der Waals surface area (Å²) in [4.78, 5) is 23.3. The first-order chi connectivity index (χ1) is 11.5. The monoisotopic (exact) mass is 340 g/mol. The highest BCUT2D eigenvalue weighted by Gasteiger charge is 2.11. The summed E-state index contributed by atoms with van der Waals surface area (Å²) in [7, 11) is 0. The highest BCUT2D eigenvalue weighted by atomic mass is 35.5. The number of primary amides is 1. The number of aromatic nitrogens is 2. The Balaban J connectivity index is 1.75. The molecule has 2 aromatic carbocycles. The first-order valence-corrected chi connectivity index (χ1v) is 7.43. The van der Waals surface area contributed by atoms with Crippen molar-refractivity contribution in [1.82, 2.24) is 9.78 Å². The SMILES string of the molecule is NC(=O)c1ccc(NC(=O)c2ccn(-c3cccc(Cl)c3)n2)cc1. The molecule has 0 aliphatic rings. The molecule has 0 atom stereocenters. The molecular formula is C17H13ClN4O2. The zero-order valence-electron chi connectivity index (χ0n) is 12.4. The van der Waals surface area contributed by atoms with Gasteiger partial charge in [-0.3, -0.25) is 9.59 Å². The van der Waals surface area contributed by atoms with Crippen molar-refractivity contribution in [2.75, 3.05) is 5.32 Å². The summed E-state index contributed by atoms with van der Waals surface area (Å²) in [6.45, 7) is 0. The van der Waals surface area contributed by atoms with Gasteiger partial charge in [-0.2, -0.15) is 5.10 Å². The van der Waals surface area contributed by atoms with E-state index in [-0.39, 0.29) is 11.6 Å². The maximum absolute atomic E-state index is 12.2. The van der Waals surface area contributed by atoms with Gasteiger partial charge in [-0.25, -0.2) is 4.68 Å². The van der Waals surface area contributed by atoms with Crippen LogP contribution in [0.4, 0.5) is 5.69 Å². The van der Waals surface area contributed by atoms with Crippen molar-refractivity contribution in [3.05, 3.63) is 77.1 Å². The first kappa shape index (κ1) is 15.8. The maximum atomic E-state index is 12.2. The number of rotatable bonds is 4. The Labute approximate surface area is 142 Å². The van der Waals surface area contributed by atoms with Crippen LogP contribution in [-0.4, -0.2) is 21.6 Å². The van der Waals surface area contributed by atoms with Crippen LogP contribution in [0.25, 0.3) is 5.69 Å². The van der Waals surface area contributed by atoms with E-state index >= 15 is 0 Å². The highest BCUT2D eigenvalue weighted by Crippen LogP contribution is 2.15. The Bertz CT molecular complexity index is 903. The Morgan fingerprint density at radius 2 is 1.83 bits per heavy atom. The standard InChI is InChI=1S/C17H13ClN4O2/c18-12-2-1-3-14(10-12)22-9-8-15(21-22)17(24)20-13-6-4-11(5-7-13)16(19)23/h1-10H,(H2,19,23)(H,20,24). The quantitative estimate of drug-likeness (QED) is 0.765. The van der Waals surface area contributed by atoms with E-state index in [0.717, 1.165) is 5.69 Å². The molecule has 0 unspecified atom stereocenters. The van der Waals surface area contributed by atoms with Gasteiger partial charge in [0.25, 0.3) is 5.91 Å². The lowest BCUT2D eigenvalue weighted by atomic mass is 10.2. The second kappa shape index (κ2) is 6.55. The molecule has 1 aromatic heterocycles. The number of nitrogens with zero attached hydrogens (tertiary/aromatic N) is 2. The minimum atomic E-state index is -0.520. The topological polar surface area (TPSA) is 90.0 Å². The largest absolute Gasteiger partial charge is 0.366 e. The van der Waals surface area contributed by atoms with E-state index in [0.29, 0.717) is 16.3 Å². The molecule has 0 aliphatic carbocycles. The van der Waals surface area contributed by atoms with Crippen molar-refractivity contribution in [3.63, 3.8) is 0 Å². The van der Waals surface area contributed by atoms with Gasteiger partial charge in [0.05, 0.1) is 5.69 Å². The van der Waals surface area contributed by atoms with E-state index < -0.39 is 5.91 Å². The number of benzene rings is 2. The van der Waals surface area contributed by atoms with E-state index in [1.807, 2.05) is 6.07 Å². The molecule has 3 rings (SSSR count). The van der Waals surface area contributed by atoms with Crippen LogP contribution in [0.3, 0.4) is 0 Å². The van der Waals surface area contributed by atoms with Crippen molar-refractivity contribution >= 4 is 29.1 Å². The molecular weight excluding hydrogens is 328 g/mol. The molecule has 6 nitrogen and oxygen atoms in total. The Morgan fingerprint density at radius 3 is 2.50 bits per heavy atom. The first-order valence-electron chi connectivity index (χ1n) is 7.06. The fraction of sp³-hybridized carbons (Fsp3) is 0. The van der Waals surface area contributed by atoms with E-state index in [9.17, 15) is 9.59 Å². The fourth-order valence-electron chi connectivity index (χ4n) is 2.12. The lowest BCUT2D eigenvalue weighted by molar-refractivity contribution is 0.0997. The van der Waals surface area contributed by atoms with Crippen molar-refractivity contribution in [1.29, 1.82) is 0 Å². The number of anilines is 1. The number of nitrogens with two attached hydrogens (primary N) is 1. The molecule has 0 aliphatic heterocycles. The smallest absolute Gasteiger partial charge is 0.276 e. The van der Waals surface area contributed by atoms with Crippen LogP contribution in [0.5, 0.6) is 0 Å². The molecule has 120 valence electrons. The molecule has 3 N–H and O–H groups in total. The maximum Gasteiger partial charge on any atom is 0.276 e. The van der Waals surface area contributed by atoms with Gasteiger partial charge < -0.3 is 11.1 Å². The van der Waals surface area contributed by atoms with Gasteiger partial charge in [-0.1, -0.05) is 17.7 Å². The van der Waals surface area contributed by atoms with E-state index in [4.69, 9.17) is 17.3 Å². The van der Waals surface area contributed by atoms with Crippen molar-refractivity contribution in [2.24, 2.45) is 5.73 Å². The van der Waals surface area contributed by atoms with Gasteiger partial charge in [0.15, 0.2) is 5.69 Å². The van der Waals surface area contributed by atoms with Gasteiger partial charge in [-0.15, -0.1) is 0 Å². The number of carbonyl (C=O) groups is 2. The molecule has 0 fully saturated rings. The van der Waals surface area contributed by atoms with Gasteiger partial charge >= 0.3 is 0 Å². The number of carbonyl (C=O) groups excluding carboxylic acids is 2. The average molecular weight is 341 g/mol. The summed E-state index contributed by atoms with van der Waals surface area (Å²) < 4.78 is 1.57. The molecule has 7 heteroatoms. The van der Waals surface area contributed by atoms with Crippen LogP contribution in [0, 0.1) is 0 Å². The van der Waals surface area contributed by atoms with Gasteiger partial charge in [-0.05, 0) is 48.5 Å². The van der Waals surface area contributed by atoms with E-state index in [1.165, 1.54) is 0 Å². The van der Waals surface area contributed by atoms with Crippen LogP contribution in [-0.2, 0) is 0 Å². The normalized spacial score (nSPS) is 10.4. The van der Waals surface area contributed by atoms with Gasteiger partial charge in [0.2, 0.25) is 5.91 Å². The zero-order chi connectivity index (χ0) is 17.1. The predicted octanol–water partition coefficient (Wildman–Crippen LogP) is 2.88. The lowest BCUT2D eigenvalue weighted by Crippen LogP contribution is -2.14. The molecule has 0 radical (unpaired) electrons. The second-order valence-corrected chi connectivity index (χ2v) is 5.46. The van der Waals surface area contributed by atoms with Crippen molar-refractivity contribution in [3.8, 4) is 5.69 Å². The van der Waals surface area contributed by atoms with E-state index in [1.54, 1.807) is 59.4 Å².